The Balaban J connectivity index is 1.47. The molecule has 180 valence electrons. The molecule has 2 heterocycles. The first-order chi connectivity index (χ1) is 17.0. The summed E-state index contributed by atoms with van der Waals surface area (Å²) >= 11 is 1.62. The van der Waals surface area contributed by atoms with Crippen molar-refractivity contribution in [3.05, 3.63) is 77.4 Å². The lowest BCUT2D eigenvalue weighted by atomic mass is 9.97. The fourth-order valence-corrected chi connectivity index (χ4v) is 5.90. The Kier molecular flexibility index (Phi) is 6.75. The van der Waals surface area contributed by atoms with Crippen molar-refractivity contribution in [2.75, 3.05) is 33.4 Å². The van der Waals surface area contributed by atoms with Crippen molar-refractivity contribution < 1.29 is 19.4 Å². The maximum Gasteiger partial charge on any atom is 0.195 e. The van der Waals surface area contributed by atoms with E-state index in [-0.39, 0.29) is 17.3 Å². The number of fused-ring (bicyclic) bond motifs is 1. The Bertz CT molecular complexity index is 1350. The highest BCUT2D eigenvalue weighted by atomic mass is 32.1. The van der Waals surface area contributed by atoms with Gasteiger partial charge in [-0.1, -0.05) is 12.1 Å². The lowest BCUT2D eigenvalue weighted by Crippen LogP contribution is -2.25. The van der Waals surface area contributed by atoms with Crippen LogP contribution >= 0.6 is 11.3 Å². The molecule has 4 aromatic rings. The molecule has 1 aliphatic heterocycles. The molecule has 3 aromatic carbocycles. The average Bonchev–Trinajstić information content (AvgIpc) is 3.52. The molecule has 0 radical (unpaired) electrons. The normalized spacial score (nSPS) is 13.9. The minimum atomic E-state index is -0.0978. The van der Waals surface area contributed by atoms with E-state index in [4.69, 9.17) is 9.47 Å². The van der Waals surface area contributed by atoms with Crippen LogP contribution in [-0.4, -0.2) is 49.1 Å². The molecule has 5 rings (SSSR count). The molecule has 0 aliphatic carbocycles. The van der Waals surface area contributed by atoms with E-state index in [2.05, 4.69) is 17.9 Å². The van der Waals surface area contributed by atoms with E-state index in [0.29, 0.717) is 17.7 Å². The second-order valence-electron chi connectivity index (χ2n) is 8.94. The highest BCUT2D eigenvalue weighted by Crippen LogP contribution is 2.41. The molecule has 0 atom stereocenters. The summed E-state index contributed by atoms with van der Waals surface area (Å²) in [6.45, 7) is 6.01. The Morgan fingerprint density at radius 3 is 2.54 bits per heavy atom. The molecule has 1 fully saturated rings. The molecule has 0 amide bonds. The summed E-state index contributed by atoms with van der Waals surface area (Å²) < 4.78 is 12.3. The number of phenols is 1. The molecule has 1 aromatic heterocycles. The summed E-state index contributed by atoms with van der Waals surface area (Å²) in [6.07, 6.45) is 2.56. The van der Waals surface area contributed by atoms with Crippen LogP contribution in [0.5, 0.6) is 17.2 Å². The van der Waals surface area contributed by atoms with Crippen LogP contribution in [0.15, 0.2) is 60.7 Å². The molecule has 1 aliphatic rings. The van der Waals surface area contributed by atoms with Crippen molar-refractivity contribution >= 4 is 27.2 Å². The van der Waals surface area contributed by atoms with E-state index in [1.165, 1.54) is 26.0 Å². The summed E-state index contributed by atoms with van der Waals surface area (Å²) in [5.41, 5.74) is 3.27. The Morgan fingerprint density at radius 2 is 1.80 bits per heavy atom. The summed E-state index contributed by atoms with van der Waals surface area (Å²) in [4.78, 5) is 17.1. The number of hydrogen-bond donors (Lipinski definition) is 1. The highest BCUT2D eigenvalue weighted by molar-refractivity contribution is 7.22. The van der Waals surface area contributed by atoms with Gasteiger partial charge in [-0.15, -0.1) is 11.3 Å². The number of hydrogen-bond acceptors (Lipinski definition) is 6. The molecule has 6 heteroatoms. The topological polar surface area (TPSA) is 59.0 Å². The van der Waals surface area contributed by atoms with Crippen molar-refractivity contribution in [2.45, 2.75) is 19.8 Å². The molecule has 0 saturated carbocycles. The van der Waals surface area contributed by atoms with Gasteiger partial charge in [0.15, 0.2) is 17.3 Å². The fourth-order valence-electron chi connectivity index (χ4n) is 4.60. The van der Waals surface area contributed by atoms with Gasteiger partial charge in [-0.05, 0) is 92.5 Å². The number of nitrogens with zero attached hydrogens (tertiary/aromatic N) is 1. The van der Waals surface area contributed by atoms with Crippen molar-refractivity contribution in [1.29, 1.82) is 0 Å². The summed E-state index contributed by atoms with van der Waals surface area (Å²) in [5.74, 6) is 1.03. The average molecular weight is 488 g/mol. The molecule has 5 nitrogen and oxygen atoms in total. The molecule has 1 N–H and O–H groups in total. The summed E-state index contributed by atoms with van der Waals surface area (Å²) in [6, 6.07) is 18.9. The van der Waals surface area contributed by atoms with Crippen LogP contribution in [0.3, 0.4) is 0 Å². The molecule has 0 spiro atoms. The number of benzene rings is 3. The molecule has 35 heavy (non-hydrogen) atoms. The maximum absolute atomic E-state index is 13.8. The van der Waals surface area contributed by atoms with Crippen LogP contribution < -0.4 is 9.47 Å². The first kappa shape index (κ1) is 23.4. The van der Waals surface area contributed by atoms with Gasteiger partial charge in [-0.2, -0.15) is 0 Å². The third-order valence-electron chi connectivity index (χ3n) is 6.51. The van der Waals surface area contributed by atoms with E-state index in [9.17, 15) is 9.90 Å². The van der Waals surface area contributed by atoms with Gasteiger partial charge < -0.3 is 14.6 Å². The second kappa shape index (κ2) is 10.1. The van der Waals surface area contributed by atoms with Crippen molar-refractivity contribution in [3.63, 3.8) is 0 Å². The quantitative estimate of drug-likeness (QED) is 0.296. The molecular weight excluding hydrogens is 458 g/mol. The van der Waals surface area contributed by atoms with Gasteiger partial charge in [0.1, 0.15) is 12.4 Å². The smallest absolute Gasteiger partial charge is 0.195 e. The molecule has 1 saturated heterocycles. The van der Waals surface area contributed by atoms with Gasteiger partial charge in [0.05, 0.1) is 7.11 Å². The Morgan fingerprint density at radius 1 is 1.03 bits per heavy atom. The minimum absolute atomic E-state index is 0.00962. The standard InChI is InChI=1S/C29H29NO4S/c1-19-5-11-23-26(17-19)35-29(27(23)28(32)21-8-12-24(31)25(18-21)33-2)20-6-9-22(10-7-20)34-16-15-30-13-3-4-14-30/h5-12,17-18,31H,3-4,13-16H2,1-2H3. The van der Waals surface area contributed by atoms with Gasteiger partial charge in [-0.25, -0.2) is 0 Å². The van der Waals surface area contributed by atoms with Crippen LogP contribution in [0.1, 0.15) is 34.3 Å². The van der Waals surface area contributed by atoms with Crippen LogP contribution in [0.25, 0.3) is 20.5 Å². The van der Waals surface area contributed by atoms with Gasteiger partial charge in [0, 0.05) is 32.6 Å². The zero-order valence-corrected chi connectivity index (χ0v) is 20.9. The van der Waals surface area contributed by atoms with Crippen molar-refractivity contribution in [2.24, 2.45) is 0 Å². The number of methoxy groups -OCH3 is 1. The van der Waals surface area contributed by atoms with Crippen LogP contribution in [-0.2, 0) is 0 Å². The second-order valence-corrected chi connectivity index (χ2v) is 10.00. The third kappa shape index (κ3) is 4.90. The van der Waals surface area contributed by atoms with Crippen molar-refractivity contribution in [3.8, 4) is 27.7 Å². The van der Waals surface area contributed by atoms with E-state index >= 15 is 0 Å². The first-order valence-corrected chi connectivity index (χ1v) is 12.8. The highest BCUT2D eigenvalue weighted by Gasteiger charge is 2.22. The number of phenolic OH excluding ortho intramolecular Hbond substituents is 1. The zero-order valence-electron chi connectivity index (χ0n) is 20.0. The van der Waals surface area contributed by atoms with Gasteiger partial charge >= 0.3 is 0 Å². The molecule has 0 bridgehead atoms. The van der Waals surface area contributed by atoms with Gasteiger partial charge in [-0.3, -0.25) is 9.69 Å². The van der Waals surface area contributed by atoms with Crippen LogP contribution in [0.2, 0.25) is 0 Å². The lowest BCUT2D eigenvalue weighted by molar-refractivity contribution is 0.104. The predicted octanol–water partition coefficient (Wildman–Crippen LogP) is 6.30. The number of rotatable bonds is 8. The SMILES string of the molecule is COc1cc(C(=O)c2c(-c3ccc(OCCN4CCCC4)cc3)sc3cc(C)ccc23)ccc1O. The number of thiophene rings is 1. The molecule has 0 unspecified atom stereocenters. The largest absolute Gasteiger partial charge is 0.504 e. The van der Waals surface area contributed by atoms with Crippen LogP contribution in [0, 0.1) is 6.92 Å². The van der Waals surface area contributed by atoms with E-state index < -0.39 is 0 Å². The summed E-state index contributed by atoms with van der Waals surface area (Å²) in [7, 11) is 1.48. The number of ether oxygens (including phenoxy) is 2. The third-order valence-corrected chi connectivity index (χ3v) is 7.71. The zero-order chi connectivity index (χ0) is 24.4. The van der Waals surface area contributed by atoms with E-state index in [1.54, 1.807) is 23.5 Å². The number of aromatic hydroxyl groups is 1. The van der Waals surface area contributed by atoms with Gasteiger partial charge in [0.25, 0.3) is 0 Å². The Hall–Kier alpha value is -3.35. The Labute approximate surface area is 209 Å². The van der Waals surface area contributed by atoms with Crippen LogP contribution in [0.4, 0.5) is 0 Å². The lowest BCUT2D eigenvalue weighted by Gasteiger charge is -2.15. The van der Waals surface area contributed by atoms with Crippen molar-refractivity contribution in [1.82, 2.24) is 4.90 Å². The minimum Gasteiger partial charge on any atom is -0.504 e. The number of aryl methyl sites for hydroxylation is 1. The van der Waals surface area contributed by atoms with E-state index in [0.717, 1.165) is 51.5 Å². The first-order valence-electron chi connectivity index (χ1n) is 11.9. The number of ketones is 1. The van der Waals surface area contributed by atoms with Gasteiger partial charge in [0.2, 0.25) is 0 Å². The molecular formula is C29H29NO4S. The predicted molar refractivity (Wildman–Crippen MR) is 141 cm³/mol. The maximum atomic E-state index is 13.8. The fraction of sp³-hybridized carbons (Fsp3) is 0.276. The number of carbonyl (C=O) groups is 1. The monoisotopic (exact) mass is 487 g/mol. The number of likely N-dealkylation sites (tertiary alicyclic amines) is 1. The number of carbonyl (C=O) groups excluding carboxylic acids is 1. The van der Waals surface area contributed by atoms with E-state index in [1.807, 2.05) is 36.4 Å². The summed E-state index contributed by atoms with van der Waals surface area (Å²) in [5, 5.41) is 10.9.